The molecule has 3 heterocycles. The number of benzene rings is 1. The number of rotatable bonds is 3. The second-order valence-corrected chi connectivity index (χ2v) is 7.79. The van der Waals surface area contributed by atoms with Crippen LogP contribution in [0.25, 0.3) is 0 Å². The van der Waals surface area contributed by atoms with E-state index in [1.165, 1.54) is 21.4 Å². The van der Waals surface area contributed by atoms with Crippen LogP contribution in [0.3, 0.4) is 0 Å². The van der Waals surface area contributed by atoms with Crippen LogP contribution in [0.4, 0.5) is 8.78 Å². The Morgan fingerprint density at radius 3 is 2.20 bits per heavy atom. The van der Waals surface area contributed by atoms with Gasteiger partial charge >= 0.3 is 0 Å². The number of hydrogen-bond donors (Lipinski definition) is 0. The minimum Gasteiger partial charge on any atom is -0.478 e. The lowest BCUT2D eigenvalue weighted by atomic mass is 10.2. The summed E-state index contributed by atoms with van der Waals surface area (Å²) in [6, 6.07) is 1.89. The summed E-state index contributed by atoms with van der Waals surface area (Å²) in [7, 11) is -3.79. The summed E-state index contributed by atoms with van der Waals surface area (Å²) >= 11 is 0. The maximum Gasteiger partial charge on any atom is 0.246 e. The van der Waals surface area contributed by atoms with Crippen LogP contribution in [0.1, 0.15) is 6.92 Å². The molecule has 1 aromatic carbocycles. The molecule has 2 aromatic rings. The normalized spacial score (nSPS) is 22.8. The van der Waals surface area contributed by atoms with Gasteiger partial charge < -0.3 is 9.47 Å². The van der Waals surface area contributed by atoms with E-state index in [1.54, 1.807) is 0 Å². The maximum atomic E-state index is 13.8. The van der Waals surface area contributed by atoms with Gasteiger partial charge in [0.2, 0.25) is 21.5 Å². The van der Waals surface area contributed by atoms with Crippen LogP contribution in [0.2, 0.25) is 0 Å². The highest BCUT2D eigenvalue weighted by atomic mass is 32.2. The molecule has 10 heteroatoms. The Balaban J connectivity index is 1.60. The Labute approximate surface area is 142 Å². The lowest BCUT2D eigenvalue weighted by Gasteiger charge is -2.28. The van der Waals surface area contributed by atoms with E-state index >= 15 is 0 Å². The molecule has 4 rings (SSSR count). The van der Waals surface area contributed by atoms with Crippen molar-refractivity contribution in [1.29, 1.82) is 0 Å². The topological polar surface area (TPSA) is 73.7 Å². The van der Waals surface area contributed by atoms with Gasteiger partial charge in [-0.1, -0.05) is 0 Å². The van der Waals surface area contributed by atoms with E-state index in [1.807, 2.05) is 6.92 Å². The molecule has 1 fully saturated rings. The van der Waals surface area contributed by atoms with Gasteiger partial charge in [0.05, 0.1) is 19.3 Å². The number of aromatic nitrogens is 2. The van der Waals surface area contributed by atoms with Gasteiger partial charge in [0.1, 0.15) is 4.90 Å². The molecule has 1 saturated heterocycles. The molecule has 0 aliphatic carbocycles. The van der Waals surface area contributed by atoms with Crippen LogP contribution in [0.15, 0.2) is 29.4 Å². The highest BCUT2D eigenvalue weighted by Crippen LogP contribution is 2.41. The van der Waals surface area contributed by atoms with Crippen molar-refractivity contribution in [3.63, 3.8) is 0 Å². The summed E-state index contributed by atoms with van der Waals surface area (Å²) in [5.41, 5.74) is 0. The summed E-state index contributed by atoms with van der Waals surface area (Å²) in [6.07, 6.45) is 1.29. The van der Waals surface area contributed by atoms with Crippen molar-refractivity contribution in [2.45, 2.75) is 30.6 Å². The first kappa shape index (κ1) is 16.3. The number of aryl methyl sites for hydroxylation is 1. The number of ether oxygens (including phenoxy) is 2. The standard InChI is InChI=1S/C15H15F2N3O4S/c1-2-19-6-9(5-18-19)25(21,22)20-7-12-13(8-20)24-15-11(17)4-3-10(16)14(15)23-12/h3-6,12-13H,2,7-8H2,1H3/t12-,13+. The third-order valence-electron chi connectivity index (χ3n) is 4.31. The molecule has 7 nitrogen and oxygen atoms in total. The van der Waals surface area contributed by atoms with E-state index in [2.05, 4.69) is 5.10 Å². The van der Waals surface area contributed by atoms with Crippen molar-refractivity contribution in [1.82, 2.24) is 14.1 Å². The van der Waals surface area contributed by atoms with E-state index in [4.69, 9.17) is 9.47 Å². The smallest absolute Gasteiger partial charge is 0.246 e. The van der Waals surface area contributed by atoms with E-state index in [0.29, 0.717) is 6.54 Å². The minimum absolute atomic E-state index is 0.0142. The first-order valence-corrected chi connectivity index (χ1v) is 9.18. The van der Waals surface area contributed by atoms with Gasteiger partial charge in [0, 0.05) is 12.7 Å². The van der Waals surface area contributed by atoms with E-state index in [0.717, 1.165) is 12.1 Å². The average molecular weight is 371 g/mol. The molecule has 0 amide bonds. The number of nitrogens with zero attached hydrogens (tertiary/aromatic N) is 3. The van der Waals surface area contributed by atoms with E-state index in [-0.39, 0.29) is 29.5 Å². The summed E-state index contributed by atoms with van der Waals surface area (Å²) < 4.78 is 66.8. The molecule has 2 aliphatic heterocycles. The SMILES string of the molecule is CCn1cc(S(=O)(=O)N2C[C@@H]3Oc4c(F)ccc(F)c4O[C@@H]3C2)cn1. The molecule has 2 atom stereocenters. The zero-order chi connectivity index (χ0) is 17.8. The Hall–Kier alpha value is -2.20. The fourth-order valence-electron chi connectivity index (χ4n) is 2.97. The quantitative estimate of drug-likeness (QED) is 0.815. The summed E-state index contributed by atoms with van der Waals surface area (Å²) in [5, 5.41) is 3.97. The molecule has 25 heavy (non-hydrogen) atoms. The van der Waals surface area contributed by atoms with Crippen LogP contribution < -0.4 is 9.47 Å². The fourth-order valence-corrected chi connectivity index (χ4v) is 4.39. The van der Waals surface area contributed by atoms with Crippen molar-refractivity contribution < 1.29 is 26.7 Å². The lowest BCUT2D eigenvalue weighted by Crippen LogP contribution is -2.39. The number of fused-ring (bicyclic) bond motifs is 2. The van der Waals surface area contributed by atoms with Gasteiger partial charge in [-0.2, -0.15) is 9.40 Å². The maximum absolute atomic E-state index is 13.8. The Kier molecular flexibility index (Phi) is 3.69. The predicted molar refractivity (Wildman–Crippen MR) is 81.8 cm³/mol. The van der Waals surface area contributed by atoms with Gasteiger partial charge in [0.25, 0.3) is 0 Å². The molecule has 0 spiro atoms. The molecule has 0 N–H and O–H groups in total. The van der Waals surface area contributed by atoms with Gasteiger partial charge in [-0.05, 0) is 19.1 Å². The molecule has 1 aromatic heterocycles. The second kappa shape index (κ2) is 5.67. The van der Waals surface area contributed by atoms with Crippen LogP contribution in [0.5, 0.6) is 11.5 Å². The number of sulfonamides is 1. The van der Waals surface area contributed by atoms with Crippen LogP contribution in [-0.4, -0.2) is 47.8 Å². The van der Waals surface area contributed by atoms with Gasteiger partial charge in [-0.3, -0.25) is 4.68 Å². The molecule has 134 valence electrons. The summed E-state index contributed by atoms with van der Waals surface area (Å²) in [4.78, 5) is 0.0582. The average Bonchev–Trinajstić information content (AvgIpc) is 3.23. The third-order valence-corrected chi connectivity index (χ3v) is 6.09. The van der Waals surface area contributed by atoms with Crippen LogP contribution in [0, 0.1) is 11.6 Å². The minimum atomic E-state index is -3.79. The van der Waals surface area contributed by atoms with Crippen molar-refractivity contribution in [2.75, 3.05) is 13.1 Å². The number of halogens is 2. The Morgan fingerprint density at radius 2 is 1.72 bits per heavy atom. The Morgan fingerprint density at radius 1 is 1.16 bits per heavy atom. The van der Waals surface area contributed by atoms with E-state index < -0.39 is 33.9 Å². The van der Waals surface area contributed by atoms with Gasteiger partial charge in [-0.15, -0.1) is 0 Å². The molecule has 0 bridgehead atoms. The van der Waals surface area contributed by atoms with Gasteiger partial charge in [-0.25, -0.2) is 17.2 Å². The predicted octanol–water partition coefficient (Wildman–Crippen LogP) is 1.39. The molecule has 0 unspecified atom stereocenters. The summed E-state index contributed by atoms with van der Waals surface area (Å²) in [6.45, 7) is 2.36. The molecular weight excluding hydrogens is 356 g/mol. The van der Waals surface area contributed by atoms with Crippen LogP contribution >= 0.6 is 0 Å². The first-order chi connectivity index (χ1) is 11.9. The Bertz CT molecular complexity index is 892. The molecule has 0 radical (unpaired) electrons. The van der Waals surface area contributed by atoms with Crippen molar-refractivity contribution in [3.05, 3.63) is 36.2 Å². The monoisotopic (exact) mass is 371 g/mol. The van der Waals surface area contributed by atoms with Crippen molar-refractivity contribution >= 4 is 10.0 Å². The molecule has 2 aliphatic rings. The third kappa shape index (κ3) is 2.56. The first-order valence-electron chi connectivity index (χ1n) is 7.74. The zero-order valence-corrected chi connectivity index (χ0v) is 14.0. The molecular formula is C15H15F2N3O4S. The van der Waals surface area contributed by atoms with E-state index in [9.17, 15) is 17.2 Å². The zero-order valence-electron chi connectivity index (χ0n) is 13.2. The fraction of sp³-hybridized carbons (Fsp3) is 0.400. The van der Waals surface area contributed by atoms with Crippen LogP contribution in [-0.2, 0) is 16.6 Å². The highest BCUT2D eigenvalue weighted by molar-refractivity contribution is 7.89. The second-order valence-electron chi connectivity index (χ2n) is 5.85. The molecule has 0 saturated carbocycles. The van der Waals surface area contributed by atoms with Gasteiger partial charge in [0.15, 0.2) is 23.8 Å². The largest absolute Gasteiger partial charge is 0.478 e. The van der Waals surface area contributed by atoms with Crippen molar-refractivity contribution in [2.24, 2.45) is 0 Å². The lowest BCUT2D eigenvalue weighted by molar-refractivity contribution is 0.0467. The van der Waals surface area contributed by atoms with Crippen molar-refractivity contribution in [3.8, 4) is 11.5 Å². The highest BCUT2D eigenvalue weighted by Gasteiger charge is 2.46. The summed E-state index contributed by atoms with van der Waals surface area (Å²) in [5.74, 6) is -2.14. The number of hydrogen-bond acceptors (Lipinski definition) is 5.